The van der Waals surface area contributed by atoms with E-state index in [-0.39, 0.29) is 11.5 Å². The number of amides is 1. The van der Waals surface area contributed by atoms with E-state index < -0.39 is 0 Å². The van der Waals surface area contributed by atoms with Gasteiger partial charge in [0.15, 0.2) is 0 Å². The summed E-state index contributed by atoms with van der Waals surface area (Å²) in [5, 5.41) is 5.08. The Kier molecular flexibility index (Phi) is 6.08. The molecule has 6 heteroatoms. The lowest BCUT2D eigenvalue weighted by atomic mass is 10.0. The van der Waals surface area contributed by atoms with Gasteiger partial charge in [-0.15, -0.1) is 0 Å². The SMILES string of the molecule is COc1ccc(-c2cc(=O)n(CCNC(=O)Cc3cccc4ccccc34)cn2)cc1. The molecule has 0 bridgehead atoms. The topological polar surface area (TPSA) is 73.2 Å². The number of benzene rings is 3. The van der Waals surface area contributed by atoms with E-state index in [1.54, 1.807) is 7.11 Å². The van der Waals surface area contributed by atoms with Crippen LogP contribution < -0.4 is 15.6 Å². The maximum absolute atomic E-state index is 12.4. The summed E-state index contributed by atoms with van der Waals surface area (Å²) in [4.78, 5) is 29.2. The second-order valence-electron chi connectivity index (χ2n) is 7.20. The number of methoxy groups -OCH3 is 1. The normalized spacial score (nSPS) is 10.7. The van der Waals surface area contributed by atoms with Gasteiger partial charge >= 0.3 is 0 Å². The van der Waals surface area contributed by atoms with Crippen molar-refractivity contribution in [2.75, 3.05) is 13.7 Å². The third-order valence-corrected chi connectivity index (χ3v) is 5.17. The van der Waals surface area contributed by atoms with Crippen molar-refractivity contribution in [2.24, 2.45) is 0 Å². The molecule has 31 heavy (non-hydrogen) atoms. The molecule has 156 valence electrons. The molecule has 0 saturated carbocycles. The van der Waals surface area contributed by atoms with Crippen LogP contribution in [0, 0.1) is 0 Å². The zero-order valence-corrected chi connectivity index (χ0v) is 17.2. The highest BCUT2D eigenvalue weighted by atomic mass is 16.5. The first-order valence-electron chi connectivity index (χ1n) is 10.1. The first-order valence-corrected chi connectivity index (χ1v) is 10.1. The van der Waals surface area contributed by atoms with E-state index >= 15 is 0 Å². The van der Waals surface area contributed by atoms with E-state index in [0.717, 1.165) is 27.6 Å². The van der Waals surface area contributed by atoms with Crippen molar-refractivity contribution in [3.8, 4) is 17.0 Å². The van der Waals surface area contributed by atoms with E-state index in [9.17, 15) is 9.59 Å². The fraction of sp³-hybridized carbons (Fsp3) is 0.160. The summed E-state index contributed by atoms with van der Waals surface area (Å²) in [7, 11) is 1.61. The largest absolute Gasteiger partial charge is 0.497 e. The first kappa shape index (κ1) is 20.3. The zero-order chi connectivity index (χ0) is 21.6. The number of hydrogen-bond acceptors (Lipinski definition) is 4. The summed E-state index contributed by atoms with van der Waals surface area (Å²) in [6.07, 6.45) is 1.81. The van der Waals surface area contributed by atoms with E-state index in [1.807, 2.05) is 66.7 Å². The van der Waals surface area contributed by atoms with Crippen molar-refractivity contribution in [2.45, 2.75) is 13.0 Å². The highest BCUT2D eigenvalue weighted by molar-refractivity contribution is 5.90. The molecule has 4 rings (SSSR count). The van der Waals surface area contributed by atoms with E-state index in [1.165, 1.54) is 17.0 Å². The molecule has 4 aromatic rings. The predicted molar refractivity (Wildman–Crippen MR) is 121 cm³/mol. The molecule has 6 nitrogen and oxygen atoms in total. The number of aromatic nitrogens is 2. The quantitative estimate of drug-likeness (QED) is 0.504. The number of hydrogen-bond donors (Lipinski definition) is 1. The minimum Gasteiger partial charge on any atom is -0.497 e. The Bertz CT molecular complexity index is 1260. The molecule has 0 fully saturated rings. The molecular weight excluding hydrogens is 390 g/mol. The maximum Gasteiger partial charge on any atom is 0.253 e. The van der Waals surface area contributed by atoms with Crippen molar-refractivity contribution in [3.63, 3.8) is 0 Å². The number of carbonyl (C=O) groups is 1. The average Bonchev–Trinajstić information content (AvgIpc) is 2.80. The van der Waals surface area contributed by atoms with Crippen molar-refractivity contribution >= 4 is 16.7 Å². The second kappa shape index (κ2) is 9.26. The Morgan fingerprint density at radius 1 is 1.03 bits per heavy atom. The third kappa shape index (κ3) is 4.80. The molecule has 0 aliphatic heterocycles. The second-order valence-corrected chi connectivity index (χ2v) is 7.20. The van der Waals surface area contributed by atoms with Crippen molar-refractivity contribution in [1.82, 2.24) is 14.9 Å². The minimum absolute atomic E-state index is 0.0767. The van der Waals surface area contributed by atoms with Crippen LogP contribution in [0.15, 0.2) is 83.9 Å². The third-order valence-electron chi connectivity index (χ3n) is 5.17. The van der Waals surface area contributed by atoms with Gasteiger partial charge in [0.05, 0.1) is 25.6 Å². The van der Waals surface area contributed by atoms with Crippen LogP contribution in [-0.4, -0.2) is 29.1 Å². The molecule has 1 heterocycles. The zero-order valence-electron chi connectivity index (χ0n) is 17.2. The smallest absolute Gasteiger partial charge is 0.253 e. The van der Waals surface area contributed by atoms with E-state index in [0.29, 0.717) is 25.2 Å². The molecular formula is C25H23N3O3. The Balaban J connectivity index is 1.35. The Labute approximate surface area is 180 Å². The molecule has 0 saturated heterocycles. The Hall–Kier alpha value is -3.93. The monoisotopic (exact) mass is 413 g/mol. The molecule has 0 radical (unpaired) electrons. The summed E-state index contributed by atoms with van der Waals surface area (Å²) in [6.45, 7) is 0.711. The van der Waals surface area contributed by atoms with Crippen LogP contribution in [0.5, 0.6) is 5.75 Å². The number of ether oxygens (including phenoxy) is 1. The highest BCUT2D eigenvalue weighted by Crippen LogP contribution is 2.20. The summed E-state index contributed by atoms with van der Waals surface area (Å²) in [6, 6.07) is 22.8. The number of nitrogens with zero attached hydrogens (tertiary/aromatic N) is 2. The number of fused-ring (bicyclic) bond motifs is 1. The van der Waals surface area contributed by atoms with Crippen LogP contribution in [0.25, 0.3) is 22.0 Å². The maximum atomic E-state index is 12.4. The molecule has 1 aromatic heterocycles. The lowest BCUT2D eigenvalue weighted by molar-refractivity contribution is -0.120. The predicted octanol–water partition coefficient (Wildman–Crippen LogP) is 3.43. The van der Waals surface area contributed by atoms with Crippen molar-refractivity contribution in [1.29, 1.82) is 0 Å². The summed E-state index contributed by atoms with van der Waals surface area (Å²) >= 11 is 0. The van der Waals surface area contributed by atoms with Crippen molar-refractivity contribution in [3.05, 3.63) is 95.0 Å². The van der Waals surface area contributed by atoms with Gasteiger partial charge in [0.2, 0.25) is 5.91 Å². The molecule has 0 spiro atoms. The van der Waals surface area contributed by atoms with Gasteiger partial charge in [0.25, 0.3) is 5.56 Å². The first-order chi connectivity index (χ1) is 15.1. The van der Waals surface area contributed by atoms with Crippen LogP contribution >= 0.6 is 0 Å². The molecule has 3 aromatic carbocycles. The number of nitrogens with one attached hydrogen (secondary N) is 1. The van der Waals surface area contributed by atoms with Gasteiger partial charge in [-0.05, 0) is 40.6 Å². The van der Waals surface area contributed by atoms with Gasteiger partial charge in [0.1, 0.15) is 5.75 Å². The fourth-order valence-corrected chi connectivity index (χ4v) is 3.51. The van der Waals surface area contributed by atoms with Gasteiger partial charge in [0, 0.05) is 24.7 Å². The molecule has 1 amide bonds. The van der Waals surface area contributed by atoms with Gasteiger partial charge in [-0.3, -0.25) is 14.2 Å². The molecule has 1 N–H and O–H groups in total. The van der Waals surface area contributed by atoms with Gasteiger partial charge < -0.3 is 10.1 Å². The van der Waals surface area contributed by atoms with E-state index in [4.69, 9.17) is 4.74 Å². The van der Waals surface area contributed by atoms with Crippen LogP contribution in [0.2, 0.25) is 0 Å². The van der Waals surface area contributed by atoms with Crippen molar-refractivity contribution < 1.29 is 9.53 Å². The molecule has 0 aliphatic rings. The minimum atomic E-state index is -0.163. The number of rotatable bonds is 7. The summed E-state index contributed by atoms with van der Waals surface area (Å²) in [5.74, 6) is 0.670. The molecule has 0 aliphatic carbocycles. The molecule has 0 unspecified atom stereocenters. The average molecular weight is 413 g/mol. The van der Waals surface area contributed by atoms with Crippen LogP contribution in [0.1, 0.15) is 5.56 Å². The van der Waals surface area contributed by atoms with E-state index in [2.05, 4.69) is 10.3 Å². The lowest BCUT2D eigenvalue weighted by Gasteiger charge is -2.10. The Morgan fingerprint density at radius 3 is 2.58 bits per heavy atom. The summed E-state index contributed by atoms with van der Waals surface area (Å²) < 4.78 is 6.64. The summed E-state index contributed by atoms with van der Waals surface area (Å²) in [5.41, 5.74) is 2.26. The van der Waals surface area contributed by atoms with Crippen LogP contribution in [0.4, 0.5) is 0 Å². The van der Waals surface area contributed by atoms with Crippen LogP contribution in [0.3, 0.4) is 0 Å². The lowest BCUT2D eigenvalue weighted by Crippen LogP contribution is -2.31. The Morgan fingerprint density at radius 2 is 1.81 bits per heavy atom. The van der Waals surface area contributed by atoms with Gasteiger partial charge in [-0.2, -0.15) is 0 Å². The number of carbonyl (C=O) groups excluding carboxylic acids is 1. The van der Waals surface area contributed by atoms with Crippen LogP contribution in [-0.2, 0) is 17.8 Å². The standard InChI is InChI=1S/C25H23N3O3/c1-31-21-11-9-19(10-12-21)23-16-25(30)28(17-27-23)14-13-26-24(29)15-20-7-4-6-18-5-2-3-8-22(18)20/h2-12,16-17H,13-15H2,1H3,(H,26,29). The fourth-order valence-electron chi connectivity index (χ4n) is 3.51. The highest BCUT2D eigenvalue weighted by Gasteiger charge is 2.08. The van der Waals surface area contributed by atoms with Gasteiger partial charge in [-0.25, -0.2) is 4.98 Å². The van der Waals surface area contributed by atoms with Gasteiger partial charge in [-0.1, -0.05) is 42.5 Å². The molecule has 0 atom stereocenters.